The number of nitrogens with one attached hydrogen (secondary N) is 2. The molecule has 0 saturated heterocycles. The predicted octanol–water partition coefficient (Wildman–Crippen LogP) is 4.26. The van der Waals surface area contributed by atoms with E-state index in [9.17, 15) is 22.8 Å². The Morgan fingerprint density at radius 3 is 2.61 bits per heavy atom. The summed E-state index contributed by atoms with van der Waals surface area (Å²) in [7, 11) is 1.88. The molecule has 0 radical (unpaired) electrons. The van der Waals surface area contributed by atoms with E-state index in [0.717, 1.165) is 39.7 Å². The van der Waals surface area contributed by atoms with Gasteiger partial charge in [-0.1, -0.05) is 26.0 Å². The second-order valence-electron chi connectivity index (χ2n) is 14.2. The van der Waals surface area contributed by atoms with Crippen molar-refractivity contribution in [2.45, 2.75) is 69.9 Å². The Kier molecular flexibility index (Phi) is 10.4. The summed E-state index contributed by atoms with van der Waals surface area (Å²) in [6, 6.07) is 7.40. The molecule has 15 heteroatoms. The molecular weight excluding hydrogens is 693 g/mol. The van der Waals surface area contributed by atoms with Gasteiger partial charge in [0.25, 0.3) is 5.91 Å². The standard InChI is InChI=1S/C36H46N6O7S2/c1-21(2)30-20-50-33(38-30)29-18-31(25-13-12-23(48-6)17-28(25)37-29)49-24-15-26-27(16-24)34(44)42(5)14-10-8-7-9-11-22-19-36(22,39-32(26)43)35(45)40-51(46,47)41(3)4/h9,11-13,17-18,20-22,24,26-27H,7-8,10,14-16,19H2,1-6H3,(H,39,43)(H,40,45)/b11-9-. The van der Waals surface area contributed by atoms with E-state index in [0.29, 0.717) is 29.3 Å². The van der Waals surface area contributed by atoms with Crippen molar-refractivity contribution in [3.63, 3.8) is 0 Å². The van der Waals surface area contributed by atoms with Crippen LogP contribution in [0.15, 0.2) is 41.8 Å². The number of amides is 3. The third kappa shape index (κ3) is 7.61. The average Bonchev–Trinajstić information content (AvgIpc) is 3.38. The van der Waals surface area contributed by atoms with Crippen molar-refractivity contribution >= 4 is 50.2 Å². The monoisotopic (exact) mass is 738 g/mol. The number of methoxy groups -OCH3 is 1. The number of rotatable bonds is 8. The number of allylic oxidation sites excluding steroid dienone is 1. The van der Waals surface area contributed by atoms with Crippen LogP contribution in [0.4, 0.5) is 0 Å². The van der Waals surface area contributed by atoms with Crippen LogP contribution in [0.5, 0.6) is 11.5 Å². The second kappa shape index (κ2) is 14.5. The minimum absolute atomic E-state index is 0.163. The number of thiazole rings is 1. The first-order valence-electron chi connectivity index (χ1n) is 17.3. The Balaban J connectivity index is 1.33. The molecule has 3 aliphatic rings. The first-order chi connectivity index (χ1) is 24.2. The Bertz CT molecular complexity index is 1960. The maximum absolute atomic E-state index is 14.2. The lowest BCUT2D eigenvalue weighted by Crippen LogP contribution is -2.55. The van der Waals surface area contributed by atoms with E-state index in [1.165, 1.54) is 25.4 Å². The molecule has 3 amide bonds. The minimum Gasteiger partial charge on any atom is -0.497 e. The molecule has 6 rings (SSSR count). The van der Waals surface area contributed by atoms with Crippen molar-refractivity contribution in [3.05, 3.63) is 47.5 Å². The number of aromatic nitrogens is 2. The van der Waals surface area contributed by atoms with Gasteiger partial charge in [0.1, 0.15) is 33.8 Å². The van der Waals surface area contributed by atoms with Crippen molar-refractivity contribution in [1.82, 2.24) is 29.2 Å². The molecule has 0 spiro atoms. The molecule has 3 aromatic rings. The Morgan fingerprint density at radius 1 is 1.14 bits per heavy atom. The number of ether oxygens (including phenoxy) is 2. The summed E-state index contributed by atoms with van der Waals surface area (Å²) in [5, 5.41) is 6.43. The first kappa shape index (κ1) is 36.7. The molecule has 1 aliphatic heterocycles. The molecule has 2 N–H and O–H groups in total. The van der Waals surface area contributed by atoms with E-state index in [1.807, 2.05) is 41.8 Å². The molecule has 2 aromatic heterocycles. The molecule has 13 nitrogen and oxygen atoms in total. The van der Waals surface area contributed by atoms with Crippen LogP contribution >= 0.6 is 11.3 Å². The third-order valence-electron chi connectivity index (χ3n) is 10.1. The fourth-order valence-corrected chi connectivity index (χ4v) is 8.41. The van der Waals surface area contributed by atoms with Gasteiger partial charge in [-0.25, -0.2) is 14.7 Å². The van der Waals surface area contributed by atoms with Crippen molar-refractivity contribution in [2.24, 2.45) is 17.8 Å². The lowest BCUT2D eigenvalue weighted by Gasteiger charge is -2.27. The highest BCUT2D eigenvalue weighted by Gasteiger charge is 2.62. The minimum atomic E-state index is -4.10. The molecule has 0 bridgehead atoms. The number of fused-ring (bicyclic) bond motifs is 3. The van der Waals surface area contributed by atoms with Gasteiger partial charge in [0.15, 0.2) is 0 Å². The van der Waals surface area contributed by atoms with E-state index in [1.54, 1.807) is 19.1 Å². The van der Waals surface area contributed by atoms with Crippen LogP contribution in [-0.4, -0.2) is 91.8 Å². The lowest BCUT2D eigenvalue weighted by atomic mass is 9.93. The Hall–Kier alpha value is -4.08. The Morgan fingerprint density at radius 2 is 1.90 bits per heavy atom. The highest BCUT2D eigenvalue weighted by Crippen LogP contribution is 2.47. The van der Waals surface area contributed by atoms with Gasteiger partial charge in [0.05, 0.1) is 30.2 Å². The summed E-state index contributed by atoms with van der Waals surface area (Å²) in [5.74, 6) is -1.90. The van der Waals surface area contributed by atoms with Crippen LogP contribution in [0.3, 0.4) is 0 Å². The van der Waals surface area contributed by atoms with Gasteiger partial charge in [-0.15, -0.1) is 11.3 Å². The van der Waals surface area contributed by atoms with Crippen molar-refractivity contribution < 1.29 is 32.3 Å². The number of carbonyl (C=O) groups excluding carboxylic acids is 3. The SMILES string of the molecule is COc1ccc2c(OC3CC4C(=O)NC5(C(=O)NS(=O)(=O)N(C)C)CC5/C=C\CCCCN(C)C(=O)C4C3)cc(-c3nc(C(C)C)cs3)nc2c1. The van der Waals surface area contributed by atoms with Crippen LogP contribution in [-0.2, 0) is 24.6 Å². The van der Waals surface area contributed by atoms with Crippen LogP contribution in [0.1, 0.15) is 64.0 Å². The molecule has 5 unspecified atom stereocenters. The van der Waals surface area contributed by atoms with Gasteiger partial charge in [0, 0.05) is 56.5 Å². The van der Waals surface area contributed by atoms with Gasteiger partial charge in [0.2, 0.25) is 11.8 Å². The van der Waals surface area contributed by atoms with Gasteiger partial charge in [-0.2, -0.15) is 12.7 Å². The van der Waals surface area contributed by atoms with Crippen LogP contribution in [0, 0.1) is 17.8 Å². The molecule has 274 valence electrons. The van der Waals surface area contributed by atoms with Crippen molar-refractivity contribution in [1.29, 1.82) is 0 Å². The molecule has 5 atom stereocenters. The van der Waals surface area contributed by atoms with Gasteiger partial charge in [-0.05, 0) is 56.6 Å². The van der Waals surface area contributed by atoms with E-state index in [4.69, 9.17) is 19.4 Å². The molecule has 2 fully saturated rings. The zero-order valence-corrected chi connectivity index (χ0v) is 31.5. The van der Waals surface area contributed by atoms with Crippen molar-refractivity contribution in [2.75, 3.05) is 34.8 Å². The summed E-state index contributed by atoms with van der Waals surface area (Å²) in [5.41, 5.74) is 0.814. The zero-order chi connectivity index (χ0) is 36.7. The summed E-state index contributed by atoms with van der Waals surface area (Å²) >= 11 is 1.50. The maximum Gasteiger partial charge on any atom is 0.303 e. The summed E-state index contributed by atoms with van der Waals surface area (Å²) in [4.78, 5) is 53.1. The molecular formula is C36H46N6O7S2. The lowest BCUT2D eigenvalue weighted by molar-refractivity contribution is -0.140. The number of pyridine rings is 1. The highest BCUT2D eigenvalue weighted by molar-refractivity contribution is 7.87. The summed E-state index contributed by atoms with van der Waals surface area (Å²) < 4.78 is 40.5. The second-order valence-corrected chi connectivity index (χ2v) is 17.0. The van der Waals surface area contributed by atoms with Crippen LogP contribution in [0.2, 0.25) is 0 Å². The van der Waals surface area contributed by atoms with Crippen molar-refractivity contribution in [3.8, 4) is 22.2 Å². The molecule has 2 saturated carbocycles. The number of benzene rings is 1. The number of hydrogen-bond donors (Lipinski definition) is 2. The first-order valence-corrected chi connectivity index (χ1v) is 19.6. The zero-order valence-electron chi connectivity index (χ0n) is 29.8. The fraction of sp³-hybridized carbons (Fsp3) is 0.528. The fourth-order valence-electron chi connectivity index (χ4n) is 6.87. The topological polar surface area (TPSA) is 160 Å². The third-order valence-corrected chi connectivity index (χ3v) is 12.4. The van der Waals surface area contributed by atoms with E-state index in [-0.39, 0.29) is 37.0 Å². The molecule has 1 aromatic carbocycles. The number of hydrogen-bond acceptors (Lipinski definition) is 10. The summed E-state index contributed by atoms with van der Waals surface area (Å²) in [6.45, 7) is 4.72. The maximum atomic E-state index is 14.2. The number of carbonyl (C=O) groups is 3. The Labute approximate surface area is 303 Å². The van der Waals surface area contributed by atoms with E-state index >= 15 is 0 Å². The predicted molar refractivity (Wildman–Crippen MR) is 194 cm³/mol. The highest BCUT2D eigenvalue weighted by atomic mass is 32.2. The largest absolute Gasteiger partial charge is 0.497 e. The summed E-state index contributed by atoms with van der Waals surface area (Å²) in [6.07, 6.45) is 6.41. The van der Waals surface area contributed by atoms with E-state index < -0.39 is 45.5 Å². The van der Waals surface area contributed by atoms with Gasteiger partial charge >= 0.3 is 10.2 Å². The van der Waals surface area contributed by atoms with E-state index in [2.05, 4.69) is 23.9 Å². The molecule has 3 heterocycles. The van der Waals surface area contributed by atoms with Crippen LogP contribution in [0.25, 0.3) is 21.6 Å². The molecule has 51 heavy (non-hydrogen) atoms. The normalized spacial score (nSPS) is 26.3. The van der Waals surface area contributed by atoms with Gasteiger partial charge in [-0.3, -0.25) is 14.4 Å². The quantitative estimate of drug-likeness (QED) is 0.322. The average molecular weight is 739 g/mol. The van der Waals surface area contributed by atoms with Crippen LogP contribution < -0.4 is 19.5 Å². The smallest absolute Gasteiger partial charge is 0.303 e. The van der Waals surface area contributed by atoms with Gasteiger partial charge < -0.3 is 19.7 Å². The number of nitrogens with zero attached hydrogens (tertiary/aromatic N) is 4. The molecule has 2 aliphatic carbocycles.